The van der Waals surface area contributed by atoms with Crippen LogP contribution in [-0.2, 0) is 6.54 Å². The number of hydrogen-bond acceptors (Lipinski definition) is 1. The second-order valence-electron chi connectivity index (χ2n) is 13.3. The van der Waals surface area contributed by atoms with E-state index in [9.17, 15) is 0 Å². The van der Waals surface area contributed by atoms with Gasteiger partial charge in [-0.15, -0.1) is 0 Å². The fourth-order valence-corrected chi connectivity index (χ4v) is 8.86. The van der Waals surface area contributed by atoms with Crippen LogP contribution in [0.25, 0.3) is 109 Å². The largest absolute Gasteiger partial charge is 0.324 e. The van der Waals surface area contributed by atoms with E-state index in [-0.39, 0.29) is 0 Å². The minimum absolute atomic E-state index is 0.857. The molecule has 0 N–H and O–H groups in total. The summed E-state index contributed by atoms with van der Waals surface area (Å²) >= 11 is 0. The van der Waals surface area contributed by atoms with E-state index in [4.69, 9.17) is 4.98 Å². The molecule has 49 heavy (non-hydrogen) atoms. The number of imidazole rings is 1. The number of aryl methyl sites for hydroxylation is 1. The van der Waals surface area contributed by atoms with E-state index >= 15 is 0 Å². The topological polar surface area (TPSA) is 17.8 Å². The van der Waals surface area contributed by atoms with E-state index in [1.165, 1.54) is 92.1 Å². The lowest BCUT2D eigenvalue weighted by Crippen LogP contribution is -1.98. The van der Waals surface area contributed by atoms with Crippen LogP contribution >= 0.6 is 0 Å². The van der Waals surface area contributed by atoms with E-state index in [1.54, 1.807) is 0 Å². The monoisotopic (exact) mass is 622 g/mol. The molecule has 0 fully saturated rings. The zero-order valence-corrected chi connectivity index (χ0v) is 27.0. The fourth-order valence-electron chi connectivity index (χ4n) is 8.86. The van der Waals surface area contributed by atoms with Gasteiger partial charge in [-0.3, -0.25) is 0 Å². The maximum Gasteiger partial charge on any atom is 0.141 e. The summed E-state index contributed by atoms with van der Waals surface area (Å²) in [4.78, 5) is 5.16. The number of benzene rings is 9. The van der Waals surface area contributed by atoms with Gasteiger partial charge in [0.1, 0.15) is 5.82 Å². The first-order chi connectivity index (χ1) is 24.3. The molecule has 11 aromatic rings. The average molecular weight is 623 g/mol. The van der Waals surface area contributed by atoms with Gasteiger partial charge in [-0.25, -0.2) is 4.98 Å². The van der Waals surface area contributed by atoms with E-state index < -0.39 is 0 Å². The first kappa shape index (κ1) is 26.8. The Balaban J connectivity index is 1.30. The molecule has 2 nitrogen and oxygen atoms in total. The third kappa shape index (κ3) is 3.58. The Hall–Kier alpha value is -6.25. The Kier molecular flexibility index (Phi) is 5.40. The van der Waals surface area contributed by atoms with Gasteiger partial charge in [0, 0.05) is 12.1 Å². The highest BCUT2D eigenvalue weighted by Gasteiger charge is 2.20. The third-order valence-electron chi connectivity index (χ3n) is 10.9. The molecule has 11 rings (SSSR count). The Labute approximate surface area is 282 Å². The lowest BCUT2D eigenvalue weighted by Gasteiger charge is -2.19. The molecule has 10 aromatic carbocycles. The minimum Gasteiger partial charge on any atom is -0.324 e. The van der Waals surface area contributed by atoms with Crippen molar-refractivity contribution in [3.8, 4) is 22.5 Å². The zero-order chi connectivity index (χ0) is 32.2. The van der Waals surface area contributed by atoms with E-state index in [1.807, 2.05) is 0 Å². The summed E-state index contributed by atoms with van der Waals surface area (Å²) < 4.78 is 2.34. The standard InChI is InChI=1S/C47H30N2/c1-2-49-42-22-6-5-21-41(42)48-47(49)39-26-25-33(31-14-3-4-15-32(31)39)40-27-30-13-9-18-35-34-16-7-11-28-23-24-29-12-8-17-36(44(29)43(28)34)37-19-10-20-38(40)46(37)45(30)35/h3-27H,2H2,1H3. The maximum absolute atomic E-state index is 5.16. The van der Waals surface area contributed by atoms with Crippen LogP contribution in [0.15, 0.2) is 152 Å². The zero-order valence-electron chi connectivity index (χ0n) is 27.0. The molecule has 2 heteroatoms. The molecule has 0 amide bonds. The summed E-state index contributed by atoms with van der Waals surface area (Å²) in [7, 11) is 0. The van der Waals surface area contributed by atoms with Crippen molar-refractivity contribution in [1.82, 2.24) is 9.55 Å². The van der Waals surface area contributed by atoms with Crippen LogP contribution in [0.3, 0.4) is 0 Å². The summed E-state index contributed by atoms with van der Waals surface area (Å²) in [6, 6.07) is 56.3. The molecule has 1 aromatic heterocycles. The van der Waals surface area contributed by atoms with Gasteiger partial charge < -0.3 is 4.57 Å². The van der Waals surface area contributed by atoms with Crippen LogP contribution in [-0.4, -0.2) is 9.55 Å². The van der Waals surface area contributed by atoms with Crippen molar-refractivity contribution in [1.29, 1.82) is 0 Å². The van der Waals surface area contributed by atoms with Gasteiger partial charge in [-0.05, 0) is 118 Å². The predicted octanol–water partition coefficient (Wildman–Crippen LogP) is 12.9. The van der Waals surface area contributed by atoms with Gasteiger partial charge >= 0.3 is 0 Å². The van der Waals surface area contributed by atoms with Crippen molar-refractivity contribution in [3.63, 3.8) is 0 Å². The summed E-state index contributed by atoms with van der Waals surface area (Å²) in [5, 5.41) is 18.1. The second-order valence-corrected chi connectivity index (χ2v) is 13.3. The van der Waals surface area contributed by atoms with Crippen LogP contribution in [0.5, 0.6) is 0 Å². The highest BCUT2D eigenvalue weighted by molar-refractivity contribution is 6.38. The molecular weight excluding hydrogens is 593 g/mol. The molecule has 0 aliphatic heterocycles. The first-order valence-electron chi connectivity index (χ1n) is 17.2. The predicted molar refractivity (Wildman–Crippen MR) is 210 cm³/mol. The Morgan fingerprint density at radius 1 is 0.408 bits per heavy atom. The molecule has 0 aliphatic rings. The number of hydrogen-bond donors (Lipinski definition) is 0. The van der Waals surface area contributed by atoms with Crippen molar-refractivity contribution in [2.24, 2.45) is 0 Å². The number of rotatable bonds is 3. The van der Waals surface area contributed by atoms with Crippen LogP contribution in [0, 0.1) is 0 Å². The van der Waals surface area contributed by atoms with Crippen molar-refractivity contribution < 1.29 is 0 Å². The molecule has 0 bridgehead atoms. The van der Waals surface area contributed by atoms with Crippen LogP contribution < -0.4 is 0 Å². The third-order valence-corrected chi connectivity index (χ3v) is 10.9. The highest BCUT2D eigenvalue weighted by atomic mass is 15.1. The number of nitrogens with zero attached hydrogens (tertiary/aromatic N) is 2. The molecule has 0 aliphatic carbocycles. The number of fused-ring (bicyclic) bond motifs is 4. The molecule has 0 unspecified atom stereocenters. The lowest BCUT2D eigenvalue weighted by atomic mass is 9.84. The first-order valence-corrected chi connectivity index (χ1v) is 17.2. The van der Waals surface area contributed by atoms with E-state index in [0.717, 1.165) is 23.4 Å². The average Bonchev–Trinajstić information content (AvgIpc) is 3.54. The van der Waals surface area contributed by atoms with Gasteiger partial charge in [0.05, 0.1) is 11.0 Å². The van der Waals surface area contributed by atoms with Crippen LogP contribution in [0.2, 0.25) is 0 Å². The van der Waals surface area contributed by atoms with E-state index in [0.29, 0.717) is 0 Å². The highest BCUT2D eigenvalue weighted by Crippen LogP contribution is 2.47. The number of para-hydroxylation sites is 2. The summed E-state index contributed by atoms with van der Waals surface area (Å²) in [5.41, 5.74) is 5.87. The van der Waals surface area contributed by atoms with Gasteiger partial charge in [0.15, 0.2) is 0 Å². The van der Waals surface area contributed by atoms with Gasteiger partial charge in [-0.2, -0.15) is 0 Å². The Bertz CT molecular complexity index is 3140. The molecule has 0 atom stereocenters. The molecule has 0 radical (unpaired) electrons. The van der Waals surface area contributed by atoms with Crippen molar-refractivity contribution in [2.75, 3.05) is 0 Å². The van der Waals surface area contributed by atoms with Crippen molar-refractivity contribution >= 4 is 86.4 Å². The molecule has 0 saturated carbocycles. The fraction of sp³-hybridized carbons (Fsp3) is 0.0426. The summed E-state index contributed by atoms with van der Waals surface area (Å²) in [5.74, 6) is 1.02. The molecule has 0 spiro atoms. The normalized spacial score (nSPS) is 12.3. The second kappa shape index (κ2) is 9.88. The van der Waals surface area contributed by atoms with Crippen molar-refractivity contribution in [3.05, 3.63) is 152 Å². The quantitative estimate of drug-likeness (QED) is 0.179. The Morgan fingerprint density at radius 3 is 1.61 bits per heavy atom. The van der Waals surface area contributed by atoms with Crippen LogP contribution in [0.1, 0.15) is 6.92 Å². The maximum atomic E-state index is 5.16. The van der Waals surface area contributed by atoms with Crippen LogP contribution in [0.4, 0.5) is 0 Å². The molecule has 228 valence electrons. The van der Waals surface area contributed by atoms with Gasteiger partial charge in [-0.1, -0.05) is 127 Å². The lowest BCUT2D eigenvalue weighted by molar-refractivity contribution is 0.797. The molecular formula is C47H30N2. The molecule has 1 heterocycles. The van der Waals surface area contributed by atoms with E-state index in [2.05, 4.69) is 163 Å². The smallest absolute Gasteiger partial charge is 0.141 e. The summed E-state index contributed by atoms with van der Waals surface area (Å²) in [6.07, 6.45) is 0. The molecule has 0 saturated heterocycles. The number of aromatic nitrogens is 2. The SMILES string of the molecule is CCn1c(-c2ccc(-c3cc4cccc5c6cccc7ccc8cccc(c9cccc3c9c45)c8c76)c3ccccc23)nc2ccccc21. The van der Waals surface area contributed by atoms with Gasteiger partial charge in [0.25, 0.3) is 0 Å². The van der Waals surface area contributed by atoms with Gasteiger partial charge in [0.2, 0.25) is 0 Å². The minimum atomic E-state index is 0.857. The van der Waals surface area contributed by atoms with Crippen molar-refractivity contribution in [2.45, 2.75) is 13.5 Å². The Morgan fingerprint density at radius 2 is 0.918 bits per heavy atom. The summed E-state index contributed by atoms with van der Waals surface area (Å²) in [6.45, 7) is 3.06.